The molecule has 0 unspecified atom stereocenters. The number of ketones is 1. The van der Waals surface area contributed by atoms with Crippen LogP contribution in [0.3, 0.4) is 0 Å². The molecule has 20 heavy (non-hydrogen) atoms. The average Bonchev–Trinajstić information content (AvgIpc) is 2.85. The zero-order chi connectivity index (χ0) is 14.1. The van der Waals surface area contributed by atoms with Gasteiger partial charge in [0, 0.05) is 39.8 Å². The standard InChI is InChI=1S/C17H14ClNO/c1-2-19-11-15(14-8-3-4-9-16(14)19)17(20)12-6-5-7-13(18)10-12/h3-11H,2H2,1H3. The Morgan fingerprint density at radius 3 is 2.70 bits per heavy atom. The maximum Gasteiger partial charge on any atom is 0.195 e. The second-order valence-electron chi connectivity index (χ2n) is 4.69. The van der Waals surface area contributed by atoms with Gasteiger partial charge >= 0.3 is 0 Å². The Morgan fingerprint density at radius 1 is 1.15 bits per heavy atom. The van der Waals surface area contributed by atoms with Gasteiger partial charge in [-0.15, -0.1) is 0 Å². The van der Waals surface area contributed by atoms with Gasteiger partial charge in [-0.05, 0) is 25.1 Å². The second kappa shape index (κ2) is 5.14. The third kappa shape index (κ3) is 2.12. The number of hydrogen-bond donors (Lipinski definition) is 0. The van der Waals surface area contributed by atoms with E-state index in [1.54, 1.807) is 24.3 Å². The molecule has 3 aromatic rings. The van der Waals surface area contributed by atoms with Crippen LogP contribution in [0.15, 0.2) is 54.7 Å². The summed E-state index contributed by atoms with van der Waals surface area (Å²) in [5, 5.41) is 1.56. The van der Waals surface area contributed by atoms with Crippen molar-refractivity contribution in [1.29, 1.82) is 0 Å². The van der Waals surface area contributed by atoms with E-state index in [1.165, 1.54) is 0 Å². The summed E-state index contributed by atoms with van der Waals surface area (Å²) in [6, 6.07) is 15.0. The van der Waals surface area contributed by atoms with Crippen molar-refractivity contribution < 1.29 is 4.79 Å². The van der Waals surface area contributed by atoms with Crippen LogP contribution >= 0.6 is 11.6 Å². The molecule has 0 N–H and O–H groups in total. The zero-order valence-corrected chi connectivity index (χ0v) is 11.9. The van der Waals surface area contributed by atoms with Crippen LogP contribution in [-0.2, 0) is 6.54 Å². The quantitative estimate of drug-likeness (QED) is 0.647. The SMILES string of the molecule is CCn1cc(C(=O)c2cccc(Cl)c2)c2ccccc21. The van der Waals surface area contributed by atoms with Crippen molar-refractivity contribution in [3.05, 3.63) is 70.9 Å². The fourth-order valence-electron chi connectivity index (χ4n) is 2.47. The number of rotatable bonds is 3. The summed E-state index contributed by atoms with van der Waals surface area (Å²) in [5.41, 5.74) is 2.43. The molecule has 0 spiro atoms. The predicted octanol–water partition coefficient (Wildman–Crippen LogP) is 4.55. The Balaban J connectivity index is 2.17. The van der Waals surface area contributed by atoms with Crippen molar-refractivity contribution >= 4 is 28.3 Å². The number of fused-ring (bicyclic) bond motifs is 1. The minimum absolute atomic E-state index is 0.0101. The van der Waals surface area contributed by atoms with Gasteiger partial charge in [0.05, 0.1) is 0 Å². The monoisotopic (exact) mass is 283 g/mol. The molecular formula is C17H14ClNO. The number of aromatic nitrogens is 1. The number of benzene rings is 2. The number of hydrogen-bond acceptors (Lipinski definition) is 1. The molecule has 0 aliphatic rings. The molecule has 2 nitrogen and oxygen atoms in total. The summed E-state index contributed by atoms with van der Waals surface area (Å²) in [4.78, 5) is 12.7. The van der Waals surface area contributed by atoms with E-state index in [0.717, 1.165) is 23.0 Å². The molecule has 3 heteroatoms. The van der Waals surface area contributed by atoms with Gasteiger partial charge in [-0.25, -0.2) is 0 Å². The molecule has 0 saturated carbocycles. The Labute approximate surface area is 122 Å². The maximum atomic E-state index is 12.7. The first-order valence-corrected chi connectivity index (χ1v) is 6.96. The Bertz CT molecular complexity index is 789. The number of nitrogens with zero attached hydrogens (tertiary/aromatic N) is 1. The zero-order valence-electron chi connectivity index (χ0n) is 11.1. The molecule has 0 atom stereocenters. The van der Waals surface area contributed by atoms with Crippen molar-refractivity contribution in [3.63, 3.8) is 0 Å². The van der Waals surface area contributed by atoms with Crippen LogP contribution in [0.4, 0.5) is 0 Å². The number of carbonyl (C=O) groups excluding carboxylic acids is 1. The van der Waals surface area contributed by atoms with E-state index >= 15 is 0 Å². The van der Waals surface area contributed by atoms with Gasteiger partial charge in [0.1, 0.15) is 0 Å². The summed E-state index contributed by atoms with van der Waals surface area (Å²) in [5.74, 6) is 0.0101. The molecule has 0 saturated heterocycles. The van der Waals surface area contributed by atoms with Gasteiger partial charge in [0.15, 0.2) is 5.78 Å². The highest BCUT2D eigenvalue weighted by atomic mass is 35.5. The largest absolute Gasteiger partial charge is 0.347 e. The van der Waals surface area contributed by atoms with Crippen LogP contribution in [0.2, 0.25) is 5.02 Å². The topological polar surface area (TPSA) is 22.0 Å². The van der Waals surface area contributed by atoms with Crippen LogP contribution in [0.5, 0.6) is 0 Å². The minimum atomic E-state index is 0.0101. The number of para-hydroxylation sites is 1. The van der Waals surface area contributed by atoms with Crippen LogP contribution in [-0.4, -0.2) is 10.4 Å². The van der Waals surface area contributed by atoms with Gasteiger partial charge in [-0.1, -0.05) is 41.9 Å². The van der Waals surface area contributed by atoms with Crippen LogP contribution in [0.1, 0.15) is 22.8 Å². The first-order valence-electron chi connectivity index (χ1n) is 6.59. The number of halogens is 1. The summed E-state index contributed by atoms with van der Waals surface area (Å²) in [6.45, 7) is 2.91. The third-order valence-corrected chi connectivity index (χ3v) is 3.70. The molecule has 0 aliphatic carbocycles. The summed E-state index contributed by atoms with van der Waals surface area (Å²) in [6.07, 6.45) is 1.92. The van der Waals surface area contributed by atoms with E-state index in [4.69, 9.17) is 11.6 Å². The molecule has 0 aliphatic heterocycles. The lowest BCUT2D eigenvalue weighted by molar-refractivity contribution is 0.104. The van der Waals surface area contributed by atoms with E-state index in [2.05, 4.69) is 11.5 Å². The van der Waals surface area contributed by atoms with E-state index in [0.29, 0.717) is 10.6 Å². The maximum absolute atomic E-state index is 12.7. The molecular weight excluding hydrogens is 270 g/mol. The van der Waals surface area contributed by atoms with Crippen LogP contribution in [0.25, 0.3) is 10.9 Å². The first-order chi connectivity index (χ1) is 9.70. The molecule has 2 aromatic carbocycles. The lowest BCUT2D eigenvalue weighted by Gasteiger charge is -2.00. The van der Waals surface area contributed by atoms with Gasteiger partial charge in [-0.3, -0.25) is 4.79 Å². The Morgan fingerprint density at radius 2 is 1.95 bits per heavy atom. The third-order valence-electron chi connectivity index (χ3n) is 3.46. The Hall–Kier alpha value is -2.06. The highest BCUT2D eigenvalue weighted by molar-refractivity contribution is 6.31. The lowest BCUT2D eigenvalue weighted by Crippen LogP contribution is -2.00. The van der Waals surface area contributed by atoms with Crippen molar-refractivity contribution in [2.75, 3.05) is 0 Å². The normalized spacial score (nSPS) is 10.9. The lowest BCUT2D eigenvalue weighted by atomic mass is 10.0. The summed E-state index contributed by atoms with van der Waals surface area (Å²) >= 11 is 5.97. The molecule has 3 rings (SSSR count). The van der Waals surface area contributed by atoms with Crippen LogP contribution < -0.4 is 0 Å². The summed E-state index contributed by atoms with van der Waals surface area (Å²) in [7, 11) is 0. The molecule has 0 fully saturated rings. The smallest absolute Gasteiger partial charge is 0.195 e. The fraction of sp³-hybridized carbons (Fsp3) is 0.118. The molecule has 0 radical (unpaired) electrons. The van der Waals surface area contributed by atoms with Crippen molar-refractivity contribution in [2.24, 2.45) is 0 Å². The van der Waals surface area contributed by atoms with Crippen molar-refractivity contribution in [1.82, 2.24) is 4.57 Å². The highest BCUT2D eigenvalue weighted by Crippen LogP contribution is 2.24. The average molecular weight is 284 g/mol. The van der Waals surface area contributed by atoms with Gasteiger partial charge in [-0.2, -0.15) is 0 Å². The van der Waals surface area contributed by atoms with E-state index in [-0.39, 0.29) is 5.78 Å². The predicted molar refractivity (Wildman–Crippen MR) is 82.5 cm³/mol. The van der Waals surface area contributed by atoms with Crippen molar-refractivity contribution in [2.45, 2.75) is 13.5 Å². The van der Waals surface area contributed by atoms with Gasteiger partial charge < -0.3 is 4.57 Å². The van der Waals surface area contributed by atoms with Gasteiger partial charge in [0.2, 0.25) is 0 Å². The van der Waals surface area contributed by atoms with Gasteiger partial charge in [0.25, 0.3) is 0 Å². The van der Waals surface area contributed by atoms with Crippen LogP contribution in [0, 0.1) is 0 Å². The Kier molecular flexibility index (Phi) is 3.33. The second-order valence-corrected chi connectivity index (χ2v) is 5.12. The molecule has 0 amide bonds. The van der Waals surface area contributed by atoms with E-state index in [1.807, 2.05) is 30.5 Å². The molecule has 1 aromatic heterocycles. The molecule has 0 bridgehead atoms. The fourth-order valence-corrected chi connectivity index (χ4v) is 2.66. The number of aryl methyl sites for hydroxylation is 1. The molecule has 1 heterocycles. The minimum Gasteiger partial charge on any atom is -0.347 e. The highest BCUT2D eigenvalue weighted by Gasteiger charge is 2.16. The van der Waals surface area contributed by atoms with E-state index < -0.39 is 0 Å². The van der Waals surface area contributed by atoms with Crippen molar-refractivity contribution in [3.8, 4) is 0 Å². The number of carbonyl (C=O) groups is 1. The first kappa shape index (κ1) is 12.9. The summed E-state index contributed by atoms with van der Waals surface area (Å²) < 4.78 is 2.09. The van der Waals surface area contributed by atoms with E-state index in [9.17, 15) is 4.79 Å². The molecule has 100 valence electrons.